The minimum Gasteiger partial charge on any atom is -0.385 e. The first-order valence-corrected chi connectivity index (χ1v) is 4.79. The number of hydrogen-bond donors (Lipinski definition) is 1. The Morgan fingerprint density at radius 2 is 1.93 bits per heavy atom. The van der Waals surface area contributed by atoms with Crippen LogP contribution >= 0.6 is 0 Å². The zero-order valence-corrected chi connectivity index (χ0v) is 8.96. The highest BCUT2D eigenvalue weighted by Crippen LogP contribution is 2.07. The molecule has 0 aliphatic heterocycles. The lowest BCUT2D eigenvalue weighted by atomic mass is 10.3. The molecule has 0 aliphatic rings. The van der Waals surface area contributed by atoms with Crippen LogP contribution in [0.4, 0.5) is 10.1 Å². The van der Waals surface area contributed by atoms with Crippen LogP contribution in [0.2, 0.25) is 0 Å². The second kappa shape index (κ2) is 5.34. The average Bonchev–Trinajstić information content (AvgIpc) is 2.20. The SMILES string of the molecule is CN(C)C(=O)CCNc1ccc(F)cc1. The number of benzene rings is 1. The Bertz CT molecular complexity index is 322. The molecule has 0 spiro atoms. The molecular weight excluding hydrogens is 195 g/mol. The van der Waals surface area contributed by atoms with Crippen LogP contribution in [0.3, 0.4) is 0 Å². The maximum absolute atomic E-state index is 12.6. The molecule has 0 radical (unpaired) electrons. The molecule has 0 atom stereocenters. The van der Waals surface area contributed by atoms with Crippen molar-refractivity contribution in [3.8, 4) is 0 Å². The van der Waals surface area contributed by atoms with Crippen LogP contribution in [0.1, 0.15) is 6.42 Å². The van der Waals surface area contributed by atoms with Crippen LogP contribution in [-0.2, 0) is 4.79 Å². The second-order valence-electron chi connectivity index (χ2n) is 3.47. The molecule has 1 rings (SSSR count). The normalized spacial score (nSPS) is 9.80. The van der Waals surface area contributed by atoms with Crippen molar-refractivity contribution < 1.29 is 9.18 Å². The molecule has 0 aliphatic carbocycles. The molecule has 0 heterocycles. The van der Waals surface area contributed by atoms with Crippen molar-refractivity contribution in [3.63, 3.8) is 0 Å². The Hall–Kier alpha value is -1.58. The van der Waals surface area contributed by atoms with Crippen molar-refractivity contribution in [2.45, 2.75) is 6.42 Å². The van der Waals surface area contributed by atoms with Gasteiger partial charge in [0, 0.05) is 32.7 Å². The fraction of sp³-hybridized carbons (Fsp3) is 0.364. The van der Waals surface area contributed by atoms with Gasteiger partial charge in [-0.2, -0.15) is 0 Å². The third-order valence-electron chi connectivity index (χ3n) is 2.01. The van der Waals surface area contributed by atoms with Gasteiger partial charge in [0.1, 0.15) is 5.82 Å². The van der Waals surface area contributed by atoms with Crippen LogP contribution in [0.25, 0.3) is 0 Å². The predicted octanol–water partition coefficient (Wildman–Crippen LogP) is 1.72. The molecule has 1 aromatic rings. The summed E-state index contributed by atoms with van der Waals surface area (Å²) >= 11 is 0. The fourth-order valence-corrected chi connectivity index (χ4v) is 1.11. The van der Waals surface area contributed by atoms with Crippen molar-refractivity contribution in [1.82, 2.24) is 4.90 Å². The Morgan fingerprint density at radius 3 is 2.47 bits per heavy atom. The van der Waals surface area contributed by atoms with Crippen molar-refractivity contribution >= 4 is 11.6 Å². The highest BCUT2D eigenvalue weighted by molar-refractivity contribution is 5.76. The molecule has 15 heavy (non-hydrogen) atoms. The van der Waals surface area contributed by atoms with E-state index in [1.54, 1.807) is 31.1 Å². The van der Waals surface area contributed by atoms with Crippen LogP contribution in [0.5, 0.6) is 0 Å². The lowest BCUT2D eigenvalue weighted by Crippen LogP contribution is -2.23. The first-order valence-electron chi connectivity index (χ1n) is 4.79. The lowest BCUT2D eigenvalue weighted by Gasteiger charge is -2.10. The second-order valence-corrected chi connectivity index (χ2v) is 3.47. The molecule has 0 fully saturated rings. The highest BCUT2D eigenvalue weighted by atomic mass is 19.1. The van der Waals surface area contributed by atoms with Gasteiger partial charge in [-0.05, 0) is 24.3 Å². The molecular formula is C11H15FN2O. The van der Waals surface area contributed by atoms with Crippen molar-refractivity contribution in [2.75, 3.05) is 26.0 Å². The van der Waals surface area contributed by atoms with Gasteiger partial charge in [0.05, 0.1) is 0 Å². The van der Waals surface area contributed by atoms with Gasteiger partial charge in [0.15, 0.2) is 0 Å². The summed E-state index contributed by atoms with van der Waals surface area (Å²) in [5.74, 6) is -0.186. The number of anilines is 1. The molecule has 0 bridgehead atoms. The lowest BCUT2D eigenvalue weighted by molar-refractivity contribution is -0.128. The largest absolute Gasteiger partial charge is 0.385 e. The summed E-state index contributed by atoms with van der Waals surface area (Å²) in [6.07, 6.45) is 0.435. The number of nitrogens with one attached hydrogen (secondary N) is 1. The average molecular weight is 210 g/mol. The number of carbonyl (C=O) groups is 1. The summed E-state index contributed by atoms with van der Waals surface area (Å²) in [5.41, 5.74) is 0.822. The van der Waals surface area contributed by atoms with E-state index in [9.17, 15) is 9.18 Å². The molecule has 0 unspecified atom stereocenters. The maximum Gasteiger partial charge on any atom is 0.223 e. The number of nitrogens with zero attached hydrogens (tertiary/aromatic N) is 1. The fourth-order valence-electron chi connectivity index (χ4n) is 1.11. The van der Waals surface area contributed by atoms with Crippen molar-refractivity contribution in [3.05, 3.63) is 30.1 Å². The maximum atomic E-state index is 12.6. The minimum atomic E-state index is -0.259. The van der Waals surface area contributed by atoms with E-state index in [0.717, 1.165) is 5.69 Å². The highest BCUT2D eigenvalue weighted by Gasteiger charge is 2.02. The summed E-state index contributed by atoms with van der Waals surface area (Å²) in [6.45, 7) is 0.558. The third kappa shape index (κ3) is 3.97. The van der Waals surface area contributed by atoms with E-state index in [1.807, 2.05) is 0 Å². The molecule has 1 N–H and O–H groups in total. The summed E-state index contributed by atoms with van der Waals surface area (Å²) < 4.78 is 12.6. The topological polar surface area (TPSA) is 32.3 Å². The van der Waals surface area contributed by atoms with E-state index in [0.29, 0.717) is 13.0 Å². The summed E-state index contributed by atoms with van der Waals surface area (Å²) in [4.78, 5) is 12.8. The van der Waals surface area contributed by atoms with Gasteiger partial charge in [-0.1, -0.05) is 0 Å². The van der Waals surface area contributed by atoms with Gasteiger partial charge in [-0.3, -0.25) is 4.79 Å². The van der Waals surface area contributed by atoms with E-state index in [1.165, 1.54) is 12.1 Å². The summed E-state index contributed by atoms with van der Waals surface area (Å²) in [5, 5.41) is 3.04. The third-order valence-corrected chi connectivity index (χ3v) is 2.01. The van der Waals surface area contributed by atoms with E-state index < -0.39 is 0 Å². The Morgan fingerprint density at radius 1 is 1.33 bits per heavy atom. The van der Waals surface area contributed by atoms with Crippen LogP contribution < -0.4 is 5.32 Å². The first-order chi connectivity index (χ1) is 7.09. The molecule has 4 heteroatoms. The Kier molecular flexibility index (Phi) is 4.09. The predicted molar refractivity (Wildman–Crippen MR) is 58.2 cm³/mol. The van der Waals surface area contributed by atoms with Gasteiger partial charge >= 0.3 is 0 Å². The minimum absolute atomic E-state index is 0.0737. The molecule has 1 amide bonds. The van der Waals surface area contributed by atoms with E-state index >= 15 is 0 Å². The summed E-state index contributed by atoms with van der Waals surface area (Å²) in [7, 11) is 3.44. The molecule has 0 aromatic heterocycles. The zero-order valence-electron chi connectivity index (χ0n) is 8.96. The number of rotatable bonds is 4. The van der Waals surface area contributed by atoms with Gasteiger partial charge in [-0.15, -0.1) is 0 Å². The van der Waals surface area contributed by atoms with Gasteiger partial charge in [0.2, 0.25) is 5.91 Å². The van der Waals surface area contributed by atoms with Crippen LogP contribution in [-0.4, -0.2) is 31.4 Å². The first kappa shape index (κ1) is 11.5. The van der Waals surface area contributed by atoms with Crippen LogP contribution in [0.15, 0.2) is 24.3 Å². The van der Waals surface area contributed by atoms with E-state index in [-0.39, 0.29) is 11.7 Å². The molecule has 82 valence electrons. The van der Waals surface area contributed by atoms with E-state index in [4.69, 9.17) is 0 Å². The smallest absolute Gasteiger partial charge is 0.223 e. The monoisotopic (exact) mass is 210 g/mol. The molecule has 0 saturated heterocycles. The molecule has 0 saturated carbocycles. The number of carbonyl (C=O) groups excluding carboxylic acids is 1. The van der Waals surface area contributed by atoms with Gasteiger partial charge < -0.3 is 10.2 Å². The zero-order chi connectivity index (χ0) is 11.3. The van der Waals surface area contributed by atoms with Gasteiger partial charge in [-0.25, -0.2) is 4.39 Å². The Balaban J connectivity index is 2.32. The van der Waals surface area contributed by atoms with Crippen molar-refractivity contribution in [2.24, 2.45) is 0 Å². The molecule has 1 aromatic carbocycles. The van der Waals surface area contributed by atoms with E-state index in [2.05, 4.69) is 5.32 Å². The van der Waals surface area contributed by atoms with Crippen molar-refractivity contribution in [1.29, 1.82) is 0 Å². The van der Waals surface area contributed by atoms with Gasteiger partial charge in [0.25, 0.3) is 0 Å². The number of halogens is 1. The standard InChI is InChI=1S/C11H15FN2O/c1-14(2)11(15)7-8-13-10-5-3-9(12)4-6-10/h3-6,13H,7-8H2,1-2H3. The molecule has 3 nitrogen and oxygen atoms in total. The number of amides is 1. The Labute approximate surface area is 88.9 Å². The van der Waals surface area contributed by atoms with Crippen LogP contribution in [0, 0.1) is 5.82 Å². The summed E-state index contributed by atoms with van der Waals surface area (Å²) in [6, 6.07) is 6.07. The number of hydrogen-bond acceptors (Lipinski definition) is 2. The quantitative estimate of drug-likeness (QED) is 0.820.